The number of aliphatic hydroxyl groups excluding tert-OH is 1. The molecule has 0 aromatic rings. The van der Waals surface area contributed by atoms with Crippen molar-refractivity contribution in [2.24, 2.45) is 17.8 Å². The number of unbranched alkanes of at least 4 members (excludes halogenated alkanes) is 35. The van der Waals surface area contributed by atoms with Crippen molar-refractivity contribution in [1.82, 2.24) is 0 Å². The number of rotatable bonds is 67. The molecular formula is C69H134O17P2. The Bertz CT molecular complexity index is 1730. The predicted octanol–water partition coefficient (Wildman–Crippen LogP) is 19.5. The number of ether oxygens (including phenoxy) is 4. The Kier molecular flexibility index (Phi) is 58.7. The maximum Gasteiger partial charge on any atom is 0.472 e. The Morgan fingerprint density at radius 2 is 0.523 bits per heavy atom. The molecule has 0 aromatic heterocycles. The van der Waals surface area contributed by atoms with E-state index in [4.69, 9.17) is 37.0 Å². The molecule has 0 aliphatic heterocycles. The molecule has 19 heteroatoms. The molecule has 0 aliphatic rings. The zero-order valence-corrected chi connectivity index (χ0v) is 59.0. The molecule has 0 heterocycles. The van der Waals surface area contributed by atoms with Crippen molar-refractivity contribution in [2.45, 2.75) is 362 Å². The van der Waals surface area contributed by atoms with E-state index in [0.717, 1.165) is 120 Å². The molecular weight excluding hydrogens is 1160 g/mol. The van der Waals surface area contributed by atoms with Crippen molar-refractivity contribution >= 4 is 39.5 Å². The van der Waals surface area contributed by atoms with Crippen molar-refractivity contribution in [3.63, 3.8) is 0 Å². The Hall–Kier alpha value is -1.94. The second-order valence-corrected chi connectivity index (χ2v) is 29.3. The molecule has 522 valence electrons. The lowest BCUT2D eigenvalue weighted by Crippen LogP contribution is -2.30. The zero-order valence-electron chi connectivity index (χ0n) is 57.2. The van der Waals surface area contributed by atoms with E-state index in [9.17, 15) is 43.2 Å². The first-order valence-corrected chi connectivity index (χ1v) is 38.8. The predicted molar refractivity (Wildman–Crippen MR) is 354 cm³/mol. The smallest absolute Gasteiger partial charge is 0.462 e. The molecule has 17 nitrogen and oxygen atoms in total. The average Bonchev–Trinajstić information content (AvgIpc) is 3.55. The van der Waals surface area contributed by atoms with Crippen molar-refractivity contribution in [3.8, 4) is 0 Å². The minimum Gasteiger partial charge on any atom is -0.462 e. The van der Waals surface area contributed by atoms with Crippen molar-refractivity contribution in [2.75, 3.05) is 39.6 Å². The summed E-state index contributed by atoms with van der Waals surface area (Å²) in [6.07, 6.45) is 43.2. The number of esters is 4. The summed E-state index contributed by atoms with van der Waals surface area (Å²) in [5, 5.41) is 10.6. The van der Waals surface area contributed by atoms with Gasteiger partial charge in [0.1, 0.15) is 19.3 Å². The van der Waals surface area contributed by atoms with Gasteiger partial charge in [0, 0.05) is 25.7 Å². The van der Waals surface area contributed by atoms with Crippen LogP contribution in [0.3, 0.4) is 0 Å². The number of carbonyl (C=O) groups is 4. The van der Waals surface area contributed by atoms with Gasteiger partial charge in [-0.2, -0.15) is 0 Å². The molecule has 0 saturated heterocycles. The molecule has 0 bridgehead atoms. The average molecular weight is 1300 g/mol. The van der Waals surface area contributed by atoms with Gasteiger partial charge in [-0.25, -0.2) is 9.13 Å². The van der Waals surface area contributed by atoms with Gasteiger partial charge in [0.05, 0.1) is 26.4 Å². The van der Waals surface area contributed by atoms with Gasteiger partial charge in [0.25, 0.3) is 0 Å². The standard InChI is InChI=1S/C69H134O17P2/c1-8-9-10-11-26-36-43-50-66(71)79-56-64(86-69(74)53-46-39-32-25-24-29-35-42-49-62(6)7)58-83-87(75,76)81-54-63(70)55-82-88(77,78)84-59-65(57-80-67(72)51-44-37-30-22-19-15-17-21-28-34-41-48-61(4)5)85-68(73)52-45-38-31-23-18-14-12-13-16-20-27-33-40-47-60(2)3/h60-65,70H,8-59H2,1-7H3,(H,75,76)(H,77,78)/t63-,64+,65+/m0/s1. The van der Waals surface area contributed by atoms with Gasteiger partial charge in [-0.15, -0.1) is 0 Å². The fourth-order valence-electron chi connectivity index (χ4n) is 10.4. The monoisotopic (exact) mass is 1300 g/mol. The van der Waals surface area contributed by atoms with E-state index in [0.29, 0.717) is 25.7 Å². The highest BCUT2D eigenvalue weighted by Crippen LogP contribution is 2.45. The lowest BCUT2D eigenvalue weighted by atomic mass is 10.0. The van der Waals surface area contributed by atoms with Crippen LogP contribution in [-0.4, -0.2) is 96.7 Å². The molecule has 0 amide bonds. The van der Waals surface area contributed by atoms with Crippen LogP contribution in [0.15, 0.2) is 0 Å². The van der Waals surface area contributed by atoms with Crippen LogP contribution in [-0.2, 0) is 65.4 Å². The van der Waals surface area contributed by atoms with Crippen molar-refractivity contribution < 1.29 is 80.2 Å². The van der Waals surface area contributed by atoms with Crippen LogP contribution in [0.4, 0.5) is 0 Å². The molecule has 0 spiro atoms. The topological polar surface area (TPSA) is 237 Å². The molecule has 0 saturated carbocycles. The van der Waals surface area contributed by atoms with E-state index in [1.165, 1.54) is 141 Å². The Balaban J connectivity index is 5.21. The lowest BCUT2D eigenvalue weighted by molar-refractivity contribution is -0.161. The van der Waals surface area contributed by atoms with Gasteiger partial charge < -0.3 is 33.8 Å². The molecule has 0 aromatic carbocycles. The third kappa shape index (κ3) is 62.8. The number of hydrogen-bond acceptors (Lipinski definition) is 15. The quantitative estimate of drug-likeness (QED) is 0.0222. The highest BCUT2D eigenvalue weighted by Gasteiger charge is 2.30. The summed E-state index contributed by atoms with van der Waals surface area (Å²) in [5.74, 6) is 0.143. The van der Waals surface area contributed by atoms with E-state index in [2.05, 4.69) is 48.5 Å². The largest absolute Gasteiger partial charge is 0.472 e. The van der Waals surface area contributed by atoms with Gasteiger partial charge in [-0.1, -0.05) is 292 Å². The fraction of sp³-hybridized carbons (Fsp3) is 0.942. The summed E-state index contributed by atoms with van der Waals surface area (Å²) in [5.41, 5.74) is 0. The summed E-state index contributed by atoms with van der Waals surface area (Å²) in [4.78, 5) is 72.4. The second kappa shape index (κ2) is 60.0. The van der Waals surface area contributed by atoms with Crippen molar-refractivity contribution in [3.05, 3.63) is 0 Å². The minimum absolute atomic E-state index is 0.104. The van der Waals surface area contributed by atoms with Gasteiger partial charge >= 0.3 is 39.5 Å². The molecule has 88 heavy (non-hydrogen) atoms. The van der Waals surface area contributed by atoms with E-state index in [1.807, 2.05) is 0 Å². The molecule has 2 unspecified atom stereocenters. The van der Waals surface area contributed by atoms with Gasteiger partial charge in [-0.05, 0) is 43.4 Å². The summed E-state index contributed by atoms with van der Waals surface area (Å²) in [6, 6.07) is 0. The number of phosphoric ester groups is 2. The molecule has 0 aliphatic carbocycles. The minimum atomic E-state index is -4.95. The molecule has 0 rings (SSSR count). The Morgan fingerprint density at radius 1 is 0.307 bits per heavy atom. The normalized spacial score (nSPS) is 14.2. The number of hydrogen-bond donors (Lipinski definition) is 3. The van der Waals surface area contributed by atoms with E-state index in [1.54, 1.807) is 0 Å². The maximum atomic E-state index is 13.0. The van der Waals surface area contributed by atoms with Crippen LogP contribution in [0.25, 0.3) is 0 Å². The highest BCUT2D eigenvalue weighted by molar-refractivity contribution is 7.47. The van der Waals surface area contributed by atoms with Crippen LogP contribution in [0.1, 0.15) is 344 Å². The zero-order chi connectivity index (χ0) is 65.2. The number of carbonyl (C=O) groups excluding carboxylic acids is 4. The van der Waals surface area contributed by atoms with Crippen LogP contribution < -0.4 is 0 Å². The first-order valence-electron chi connectivity index (χ1n) is 35.8. The van der Waals surface area contributed by atoms with Gasteiger partial charge in [0.15, 0.2) is 12.2 Å². The van der Waals surface area contributed by atoms with Crippen LogP contribution in [0.2, 0.25) is 0 Å². The maximum absolute atomic E-state index is 13.0. The summed E-state index contributed by atoms with van der Waals surface area (Å²) in [7, 11) is -9.89. The summed E-state index contributed by atoms with van der Waals surface area (Å²) >= 11 is 0. The van der Waals surface area contributed by atoms with Crippen molar-refractivity contribution in [1.29, 1.82) is 0 Å². The highest BCUT2D eigenvalue weighted by atomic mass is 31.2. The van der Waals surface area contributed by atoms with E-state index >= 15 is 0 Å². The third-order valence-corrected chi connectivity index (χ3v) is 17.8. The molecule has 5 atom stereocenters. The molecule has 3 N–H and O–H groups in total. The van der Waals surface area contributed by atoms with Gasteiger partial charge in [0.2, 0.25) is 0 Å². The van der Waals surface area contributed by atoms with Crippen LogP contribution >= 0.6 is 15.6 Å². The van der Waals surface area contributed by atoms with E-state index < -0.39 is 97.5 Å². The number of aliphatic hydroxyl groups is 1. The molecule has 0 fully saturated rings. The second-order valence-electron chi connectivity index (χ2n) is 26.3. The van der Waals surface area contributed by atoms with E-state index in [-0.39, 0.29) is 25.7 Å². The lowest BCUT2D eigenvalue weighted by Gasteiger charge is -2.21. The van der Waals surface area contributed by atoms with Gasteiger partial charge in [-0.3, -0.25) is 37.3 Å². The first kappa shape index (κ1) is 86.1. The third-order valence-electron chi connectivity index (χ3n) is 15.9. The van der Waals surface area contributed by atoms with Crippen LogP contribution in [0.5, 0.6) is 0 Å². The fourth-order valence-corrected chi connectivity index (χ4v) is 11.9. The Labute approximate surface area is 537 Å². The molecule has 0 radical (unpaired) electrons. The first-order chi connectivity index (χ1) is 42.2. The summed E-state index contributed by atoms with van der Waals surface area (Å²) < 4.78 is 68.1. The SMILES string of the molecule is CCCCCCCCCC(=O)OC[C@H](COP(=O)(O)OC[C@H](O)COP(=O)(O)OC[C@@H](COC(=O)CCCCCCCCCCCCCC(C)C)OC(=O)CCCCCCCCCCCCCCCC(C)C)OC(=O)CCCCCCCCCCC(C)C. The summed E-state index contributed by atoms with van der Waals surface area (Å²) in [6.45, 7) is 11.8. The van der Waals surface area contributed by atoms with Crippen LogP contribution in [0, 0.1) is 17.8 Å². The number of phosphoric acid groups is 2. The Morgan fingerprint density at radius 3 is 0.773 bits per heavy atom.